The summed E-state index contributed by atoms with van der Waals surface area (Å²) in [4.78, 5) is 14.4. The van der Waals surface area contributed by atoms with Gasteiger partial charge < -0.3 is 4.90 Å². The Labute approximate surface area is 114 Å². The third-order valence-corrected chi connectivity index (χ3v) is 4.05. The molecule has 1 amide bonds. The van der Waals surface area contributed by atoms with Crippen LogP contribution in [0.15, 0.2) is 18.2 Å². The normalized spacial score (nSPS) is 19.1. The molecule has 1 aromatic rings. The number of carbonyl (C=O) groups is 1. The topological polar surface area (TPSA) is 20.3 Å². The van der Waals surface area contributed by atoms with Crippen molar-refractivity contribution in [2.24, 2.45) is 5.41 Å². The fraction of sp³-hybridized carbons (Fsp3) is 0.562. The van der Waals surface area contributed by atoms with E-state index < -0.39 is 0 Å². The van der Waals surface area contributed by atoms with Crippen LogP contribution in [0.1, 0.15) is 49.0 Å². The number of likely N-dealkylation sites (tertiary alicyclic amines) is 1. The van der Waals surface area contributed by atoms with Crippen molar-refractivity contribution in [1.29, 1.82) is 0 Å². The van der Waals surface area contributed by atoms with E-state index in [1.54, 1.807) is 13.0 Å². The summed E-state index contributed by atoms with van der Waals surface area (Å²) in [5.74, 6) is -0.249. The maximum atomic E-state index is 13.1. The Morgan fingerprint density at radius 2 is 2.00 bits per heavy atom. The van der Waals surface area contributed by atoms with E-state index >= 15 is 0 Å². The van der Waals surface area contributed by atoms with Gasteiger partial charge >= 0.3 is 0 Å². The third kappa shape index (κ3) is 3.34. The van der Waals surface area contributed by atoms with Crippen LogP contribution in [0.4, 0.5) is 4.39 Å². The van der Waals surface area contributed by atoms with Gasteiger partial charge in [-0.2, -0.15) is 0 Å². The van der Waals surface area contributed by atoms with Gasteiger partial charge in [-0.3, -0.25) is 4.79 Å². The van der Waals surface area contributed by atoms with Gasteiger partial charge in [-0.25, -0.2) is 4.39 Å². The number of rotatable bonds is 1. The number of hydrogen-bond acceptors (Lipinski definition) is 1. The van der Waals surface area contributed by atoms with Gasteiger partial charge in [0.2, 0.25) is 0 Å². The van der Waals surface area contributed by atoms with E-state index in [0.29, 0.717) is 16.5 Å². The molecule has 19 heavy (non-hydrogen) atoms. The molecule has 1 saturated heterocycles. The highest BCUT2D eigenvalue weighted by Gasteiger charge is 2.26. The standard InChI is InChI=1S/C16H22FNO/c1-12-11-13(17)5-6-14(12)15(19)18-9-4-7-16(2,3)8-10-18/h5-6,11H,4,7-10H2,1-3H3. The summed E-state index contributed by atoms with van der Waals surface area (Å²) in [7, 11) is 0. The Morgan fingerprint density at radius 3 is 2.68 bits per heavy atom. The summed E-state index contributed by atoms with van der Waals surface area (Å²) < 4.78 is 13.1. The van der Waals surface area contributed by atoms with Gasteiger partial charge in [-0.05, 0) is 55.4 Å². The zero-order chi connectivity index (χ0) is 14.0. The molecule has 104 valence electrons. The Balaban J connectivity index is 2.15. The van der Waals surface area contributed by atoms with E-state index in [2.05, 4.69) is 13.8 Å². The first-order valence-corrected chi connectivity index (χ1v) is 6.94. The zero-order valence-electron chi connectivity index (χ0n) is 12.0. The fourth-order valence-corrected chi connectivity index (χ4v) is 2.66. The first kappa shape index (κ1) is 14.0. The van der Waals surface area contributed by atoms with E-state index in [9.17, 15) is 9.18 Å². The molecule has 1 aliphatic rings. The number of amides is 1. The predicted molar refractivity (Wildman–Crippen MR) is 74.7 cm³/mol. The molecule has 1 heterocycles. The van der Waals surface area contributed by atoms with Crippen LogP contribution in [0.3, 0.4) is 0 Å². The van der Waals surface area contributed by atoms with Crippen LogP contribution in [0, 0.1) is 18.2 Å². The molecule has 1 aliphatic heterocycles. The number of benzene rings is 1. The molecule has 0 spiro atoms. The van der Waals surface area contributed by atoms with Gasteiger partial charge in [-0.1, -0.05) is 13.8 Å². The highest BCUT2D eigenvalue weighted by atomic mass is 19.1. The molecule has 2 rings (SSSR count). The molecule has 0 bridgehead atoms. The summed E-state index contributed by atoms with van der Waals surface area (Å²) in [5, 5.41) is 0. The van der Waals surface area contributed by atoms with E-state index in [0.717, 1.165) is 32.4 Å². The van der Waals surface area contributed by atoms with Crippen molar-refractivity contribution < 1.29 is 9.18 Å². The van der Waals surface area contributed by atoms with E-state index in [1.165, 1.54) is 12.1 Å². The average Bonchev–Trinajstić information content (AvgIpc) is 2.49. The molecule has 0 aromatic heterocycles. The molecule has 0 unspecified atom stereocenters. The summed E-state index contributed by atoms with van der Waals surface area (Å²) >= 11 is 0. The van der Waals surface area contributed by atoms with Crippen LogP contribution >= 0.6 is 0 Å². The highest BCUT2D eigenvalue weighted by Crippen LogP contribution is 2.30. The fourth-order valence-electron chi connectivity index (χ4n) is 2.66. The zero-order valence-corrected chi connectivity index (χ0v) is 12.0. The second-order valence-electron chi connectivity index (χ2n) is 6.27. The van der Waals surface area contributed by atoms with E-state index in [-0.39, 0.29) is 11.7 Å². The molecule has 1 fully saturated rings. The number of hydrogen-bond donors (Lipinski definition) is 0. The van der Waals surface area contributed by atoms with Gasteiger partial charge in [0.25, 0.3) is 5.91 Å². The number of carbonyl (C=O) groups excluding carboxylic acids is 1. The minimum atomic E-state index is -0.286. The smallest absolute Gasteiger partial charge is 0.254 e. The Kier molecular flexibility index (Phi) is 3.93. The number of nitrogens with zero attached hydrogens (tertiary/aromatic N) is 1. The lowest BCUT2D eigenvalue weighted by Crippen LogP contribution is -2.32. The van der Waals surface area contributed by atoms with Crippen molar-refractivity contribution in [1.82, 2.24) is 4.90 Å². The second kappa shape index (κ2) is 5.32. The highest BCUT2D eigenvalue weighted by molar-refractivity contribution is 5.95. The molecule has 3 heteroatoms. The second-order valence-corrected chi connectivity index (χ2v) is 6.27. The third-order valence-electron chi connectivity index (χ3n) is 4.05. The first-order chi connectivity index (χ1) is 8.89. The largest absolute Gasteiger partial charge is 0.339 e. The van der Waals surface area contributed by atoms with Crippen LogP contribution in [0.2, 0.25) is 0 Å². The van der Waals surface area contributed by atoms with Crippen molar-refractivity contribution >= 4 is 5.91 Å². The molecule has 0 atom stereocenters. The quantitative estimate of drug-likeness (QED) is 0.755. The monoisotopic (exact) mass is 263 g/mol. The summed E-state index contributed by atoms with van der Waals surface area (Å²) in [6, 6.07) is 4.39. The molecule has 0 N–H and O–H groups in total. The van der Waals surface area contributed by atoms with Crippen molar-refractivity contribution in [2.75, 3.05) is 13.1 Å². The van der Waals surface area contributed by atoms with E-state index in [1.807, 2.05) is 4.90 Å². The van der Waals surface area contributed by atoms with Gasteiger partial charge in [-0.15, -0.1) is 0 Å². The summed E-state index contributed by atoms with van der Waals surface area (Å²) in [6.07, 6.45) is 3.22. The van der Waals surface area contributed by atoms with Crippen molar-refractivity contribution in [3.05, 3.63) is 35.1 Å². The lowest BCUT2D eigenvalue weighted by Gasteiger charge is -2.24. The minimum absolute atomic E-state index is 0.0372. The maximum absolute atomic E-state index is 13.1. The van der Waals surface area contributed by atoms with Gasteiger partial charge in [0, 0.05) is 18.7 Å². The van der Waals surface area contributed by atoms with Crippen molar-refractivity contribution in [3.8, 4) is 0 Å². The lowest BCUT2D eigenvalue weighted by atomic mass is 9.85. The number of aryl methyl sites for hydroxylation is 1. The van der Waals surface area contributed by atoms with Crippen LogP contribution in [0.5, 0.6) is 0 Å². The van der Waals surface area contributed by atoms with Crippen LogP contribution in [0.25, 0.3) is 0 Å². The molecule has 0 radical (unpaired) electrons. The van der Waals surface area contributed by atoms with Crippen LogP contribution in [-0.2, 0) is 0 Å². The maximum Gasteiger partial charge on any atom is 0.254 e. The molecule has 0 saturated carbocycles. The van der Waals surface area contributed by atoms with Crippen LogP contribution < -0.4 is 0 Å². The molecule has 2 nitrogen and oxygen atoms in total. The SMILES string of the molecule is Cc1cc(F)ccc1C(=O)N1CCCC(C)(C)CC1. The van der Waals surface area contributed by atoms with Crippen molar-refractivity contribution in [2.45, 2.75) is 40.0 Å². The Hall–Kier alpha value is -1.38. The van der Waals surface area contributed by atoms with Gasteiger partial charge in [0.05, 0.1) is 0 Å². The predicted octanol–water partition coefficient (Wildman–Crippen LogP) is 3.79. The van der Waals surface area contributed by atoms with Crippen LogP contribution in [-0.4, -0.2) is 23.9 Å². The Bertz CT molecular complexity index is 482. The molecule has 0 aliphatic carbocycles. The van der Waals surface area contributed by atoms with Gasteiger partial charge in [0.1, 0.15) is 5.82 Å². The minimum Gasteiger partial charge on any atom is -0.339 e. The first-order valence-electron chi connectivity index (χ1n) is 6.94. The molecule has 1 aromatic carbocycles. The number of halogens is 1. The summed E-state index contributed by atoms with van der Waals surface area (Å²) in [6.45, 7) is 7.90. The summed E-state index contributed by atoms with van der Waals surface area (Å²) in [5.41, 5.74) is 1.65. The average molecular weight is 263 g/mol. The molecular weight excluding hydrogens is 241 g/mol. The molecular formula is C16H22FNO. The van der Waals surface area contributed by atoms with Gasteiger partial charge in [0.15, 0.2) is 0 Å². The van der Waals surface area contributed by atoms with E-state index in [4.69, 9.17) is 0 Å². The van der Waals surface area contributed by atoms with Crippen molar-refractivity contribution in [3.63, 3.8) is 0 Å². The lowest BCUT2D eigenvalue weighted by molar-refractivity contribution is 0.0756. The Morgan fingerprint density at radius 1 is 1.26 bits per heavy atom.